The van der Waals surface area contributed by atoms with Gasteiger partial charge in [-0.1, -0.05) is 26.0 Å². The standard InChI is InChI=1S/C19H30N2O3.ClH/c1-15(2)13-24-17-6-4-5-16(11-17)12-21-18(22)19(14-23-3)7-9-20-10-8-19;/h4-6,11,15,20H,7-10,12-14H2,1-3H3,(H,21,22);1H. The number of rotatable bonds is 8. The first-order valence-electron chi connectivity index (χ1n) is 8.75. The number of nitrogens with one attached hydrogen (secondary N) is 2. The van der Waals surface area contributed by atoms with E-state index >= 15 is 0 Å². The highest BCUT2D eigenvalue weighted by Gasteiger charge is 2.39. The molecule has 1 saturated heterocycles. The van der Waals surface area contributed by atoms with E-state index in [2.05, 4.69) is 24.5 Å². The molecule has 1 aliphatic rings. The third kappa shape index (κ3) is 6.49. The maximum atomic E-state index is 12.7. The van der Waals surface area contributed by atoms with E-state index in [0.29, 0.717) is 25.7 Å². The number of piperidine rings is 1. The molecular weight excluding hydrogens is 340 g/mol. The van der Waals surface area contributed by atoms with Crippen molar-refractivity contribution in [2.24, 2.45) is 11.3 Å². The third-order valence-corrected chi connectivity index (χ3v) is 4.40. The van der Waals surface area contributed by atoms with Crippen LogP contribution in [0.25, 0.3) is 0 Å². The molecule has 0 saturated carbocycles. The Labute approximate surface area is 157 Å². The third-order valence-electron chi connectivity index (χ3n) is 4.40. The Morgan fingerprint density at radius 2 is 2.04 bits per heavy atom. The molecule has 1 aliphatic heterocycles. The van der Waals surface area contributed by atoms with Gasteiger partial charge in [-0.15, -0.1) is 12.4 Å². The second-order valence-electron chi connectivity index (χ2n) is 7.00. The number of halogens is 1. The summed E-state index contributed by atoms with van der Waals surface area (Å²) in [7, 11) is 1.66. The number of carbonyl (C=O) groups excluding carboxylic acids is 1. The van der Waals surface area contributed by atoms with Crippen molar-refractivity contribution in [1.29, 1.82) is 0 Å². The monoisotopic (exact) mass is 370 g/mol. The van der Waals surface area contributed by atoms with Gasteiger partial charge in [0.1, 0.15) is 5.75 Å². The van der Waals surface area contributed by atoms with Crippen molar-refractivity contribution in [3.63, 3.8) is 0 Å². The van der Waals surface area contributed by atoms with E-state index in [4.69, 9.17) is 9.47 Å². The summed E-state index contributed by atoms with van der Waals surface area (Å²) in [6.07, 6.45) is 1.62. The largest absolute Gasteiger partial charge is 0.493 e. The van der Waals surface area contributed by atoms with Gasteiger partial charge < -0.3 is 20.1 Å². The zero-order chi connectivity index (χ0) is 17.4. The lowest BCUT2D eigenvalue weighted by atomic mass is 9.78. The molecule has 0 unspecified atom stereocenters. The molecule has 1 aromatic carbocycles. The average molecular weight is 371 g/mol. The zero-order valence-electron chi connectivity index (χ0n) is 15.5. The van der Waals surface area contributed by atoms with Crippen LogP contribution >= 0.6 is 12.4 Å². The van der Waals surface area contributed by atoms with Crippen LogP contribution in [0.1, 0.15) is 32.3 Å². The molecular formula is C19H31ClN2O3. The normalized spacial score (nSPS) is 16.2. The van der Waals surface area contributed by atoms with Crippen LogP contribution in [-0.2, 0) is 16.1 Å². The fourth-order valence-electron chi connectivity index (χ4n) is 3.00. The van der Waals surface area contributed by atoms with E-state index in [1.54, 1.807) is 7.11 Å². The molecule has 0 bridgehead atoms. The average Bonchev–Trinajstić information content (AvgIpc) is 2.59. The zero-order valence-corrected chi connectivity index (χ0v) is 16.3. The van der Waals surface area contributed by atoms with Crippen molar-refractivity contribution < 1.29 is 14.3 Å². The van der Waals surface area contributed by atoms with Crippen molar-refractivity contribution in [2.45, 2.75) is 33.2 Å². The highest BCUT2D eigenvalue weighted by atomic mass is 35.5. The van der Waals surface area contributed by atoms with Crippen molar-refractivity contribution in [3.8, 4) is 5.75 Å². The van der Waals surface area contributed by atoms with Crippen LogP contribution in [0.4, 0.5) is 0 Å². The van der Waals surface area contributed by atoms with E-state index in [9.17, 15) is 4.79 Å². The summed E-state index contributed by atoms with van der Waals surface area (Å²) in [5, 5.41) is 6.39. The lowest BCUT2D eigenvalue weighted by molar-refractivity contribution is -0.136. The highest BCUT2D eigenvalue weighted by Crippen LogP contribution is 2.29. The maximum Gasteiger partial charge on any atom is 0.228 e. The molecule has 0 aromatic heterocycles. The second-order valence-corrected chi connectivity index (χ2v) is 7.00. The molecule has 1 fully saturated rings. The van der Waals surface area contributed by atoms with Gasteiger partial charge in [-0.05, 0) is 49.5 Å². The summed E-state index contributed by atoms with van der Waals surface area (Å²) in [6, 6.07) is 7.92. The number of benzene rings is 1. The first kappa shape index (κ1) is 21.7. The van der Waals surface area contributed by atoms with Gasteiger partial charge in [0.2, 0.25) is 5.91 Å². The fraction of sp³-hybridized carbons (Fsp3) is 0.632. The minimum atomic E-state index is -0.411. The summed E-state index contributed by atoms with van der Waals surface area (Å²) in [5.74, 6) is 1.42. The van der Waals surface area contributed by atoms with Gasteiger partial charge >= 0.3 is 0 Å². The Morgan fingerprint density at radius 3 is 2.68 bits per heavy atom. The van der Waals surface area contributed by atoms with Crippen LogP contribution in [-0.4, -0.2) is 39.3 Å². The molecule has 142 valence electrons. The van der Waals surface area contributed by atoms with Crippen LogP contribution < -0.4 is 15.4 Å². The number of amides is 1. The molecule has 25 heavy (non-hydrogen) atoms. The van der Waals surface area contributed by atoms with Crippen LogP contribution in [0.3, 0.4) is 0 Å². The summed E-state index contributed by atoms with van der Waals surface area (Å²) in [4.78, 5) is 12.7. The van der Waals surface area contributed by atoms with E-state index in [1.807, 2.05) is 24.3 Å². The van der Waals surface area contributed by atoms with Gasteiger partial charge in [-0.3, -0.25) is 4.79 Å². The van der Waals surface area contributed by atoms with E-state index in [0.717, 1.165) is 37.2 Å². The molecule has 0 spiro atoms. The predicted octanol–water partition coefficient (Wildman–Crippen LogP) is 2.78. The van der Waals surface area contributed by atoms with Gasteiger partial charge in [0, 0.05) is 13.7 Å². The van der Waals surface area contributed by atoms with Gasteiger partial charge in [0.05, 0.1) is 18.6 Å². The van der Waals surface area contributed by atoms with Crippen LogP contribution in [0.2, 0.25) is 0 Å². The minimum absolute atomic E-state index is 0. The van der Waals surface area contributed by atoms with Crippen molar-refractivity contribution in [3.05, 3.63) is 29.8 Å². The Kier molecular flexibility index (Phi) is 9.25. The van der Waals surface area contributed by atoms with Crippen molar-refractivity contribution in [2.75, 3.05) is 33.4 Å². The SMILES string of the molecule is COCC1(C(=O)NCc2cccc(OCC(C)C)c2)CCNCC1.Cl. The molecule has 5 nitrogen and oxygen atoms in total. The topological polar surface area (TPSA) is 59.6 Å². The smallest absolute Gasteiger partial charge is 0.228 e. The predicted molar refractivity (Wildman–Crippen MR) is 102 cm³/mol. The Morgan fingerprint density at radius 1 is 1.32 bits per heavy atom. The van der Waals surface area contributed by atoms with Gasteiger partial charge in [-0.2, -0.15) is 0 Å². The van der Waals surface area contributed by atoms with Gasteiger partial charge in [0.25, 0.3) is 0 Å². The Hall–Kier alpha value is -1.30. The highest BCUT2D eigenvalue weighted by molar-refractivity contribution is 5.85. The van der Waals surface area contributed by atoms with Gasteiger partial charge in [-0.25, -0.2) is 0 Å². The van der Waals surface area contributed by atoms with Crippen LogP contribution in [0.5, 0.6) is 5.75 Å². The lowest BCUT2D eigenvalue weighted by Gasteiger charge is -2.35. The number of hydrogen-bond acceptors (Lipinski definition) is 4. The number of methoxy groups -OCH3 is 1. The molecule has 1 amide bonds. The summed E-state index contributed by atoms with van der Waals surface area (Å²) in [5.41, 5.74) is 0.636. The fourth-order valence-corrected chi connectivity index (χ4v) is 3.00. The second kappa shape index (κ2) is 10.6. The number of ether oxygens (including phenoxy) is 2. The summed E-state index contributed by atoms with van der Waals surface area (Å²) < 4.78 is 11.1. The quantitative estimate of drug-likeness (QED) is 0.738. The van der Waals surface area contributed by atoms with E-state index < -0.39 is 5.41 Å². The molecule has 0 atom stereocenters. The molecule has 2 N–H and O–H groups in total. The van der Waals surface area contributed by atoms with Crippen LogP contribution in [0.15, 0.2) is 24.3 Å². The number of hydrogen-bond donors (Lipinski definition) is 2. The molecule has 6 heteroatoms. The van der Waals surface area contributed by atoms with Crippen LogP contribution in [0, 0.1) is 11.3 Å². The maximum absolute atomic E-state index is 12.7. The molecule has 0 aliphatic carbocycles. The van der Waals surface area contributed by atoms with Crippen molar-refractivity contribution >= 4 is 18.3 Å². The Bertz CT molecular complexity index is 526. The molecule has 0 radical (unpaired) electrons. The first-order chi connectivity index (χ1) is 11.6. The van der Waals surface area contributed by atoms with E-state index in [-0.39, 0.29) is 18.3 Å². The van der Waals surface area contributed by atoms with Crippen molar-refractivity contribution in [1.82, 2.24) is 10.6 Å². The van der Waals surface area contributed by atoms with Gasteiger partial charge in [0.15, 0.2) is 0 Å². The summed E-state index contributed by atoms with van der Waals surface area (Å²) >= 11 is 0. The molecule has 2 rings (SSSR count). The summed E-state index contributed by atoms with van der Waals surface area (Å²) in [6.45, 7) is 7.63. The number of carbonyl (C=O) groups is 1. The lowest BCUT2D eigenvalue weighted by Crippen LogP contribution is -2.49. The Balaban J connectivity index is 0.00000312. The minimum Gasteiger partial charge on any atom is -0.493 e. The molecule has 1 aromatic rings. The molecule has 1 heterocycles. The first-order valence-corrected chi connectivity index (χ1v) is 8.75. The van der Waals surface area contributed by atoms with E-state index in [1.165, 1.54) is 0 Å².